The van der Waals surface area contributed by atoms with Crippen molar-refractivity contribution < 1.29 is 18.7 Å². The zero-order valence-corrected chi connectivity index (χ0v) is 15.8. The molecule has 0 spiro atoms. The summed E-state index contributed by atoms with van der Waals surface area (Å²) < 4.78 is 10.1. The molecule has 1 aliphatic rings. The molecule has 0 aliphatic carbocycles. The fourth-order valence-corrected chi connectivity index (χ4v) is 3.88. The Bertz CT molecular complexity index is 749. The normalized spacial score (nSPS) is 15.8. The first-order valence-electron chi connectivity index (χ1n) is 8.51. The van der Waals surface area contributed by atoms with Gasteiger partial charge in [-0.2, -0.15) is 0 Å². The minimum atomic E-state index is -0.434. The van der Waals surface area contributed by atoms with Crippen LogP contribution in [0.15, 0.2) is 28.9 Å². The molecule has 0 unspecified atom stereocenters. The van der Waals surface area contributed by atoms with Gasteiger partial charge < -0.3 is 14.5 Å². The van der Waals surface area contributed by atoms with Crippen molar-refractivity contribution in [2.45, 2.75) is 13.5 Å². The Kier molecular flexibility index (Phi) is 6.08. The molecule has 3 heterocycles. The van der Waals surface area contributed by atoms with Crippen LogP contribution in [-0.2, 0) is 16.1 Å². The molecule has 3 rings (SSSR count). The second kappa shape index (κ2) is 8.48. The second-order valence-corrected chi connectivity index (χ2v) is 7.53. The maximum atomic E-state index is 12.4. The van der Waals surface area contributed by atoms with Gasteiger partial charge in [0.2, 0.25) is 5.91 Å². The van der Waals surface area contributed by atoms with Gasteiger partial charge in [-0.1, -0.05) is 0 Å². The zero-order valence-electron chi connectivity index (χ0n) is 15.0. The average Bonchev–Trinajstić information content (AvgIpc) is 3.25. The molecule has 0 bridgehead atoms. The molecular formula is C18H23N3O4S. The summed E-state index contributed by atoms with van der Waals surface area (Å²) in [5.41, 5.74) is 0.409. The van der Waals surface area contributed by atoms with Crippen LogP contribution >= 0.6 is 11.3 Å². The van der Waals surface area contributed by atoms with Crippen LogP contribution in [0, 0.1) is 6.92 Å². The molecule has 0 aromatic carbocycles. The zero-order chi connectivity index (χ0) is 18.5. The van der Waals surface area contributed by atoms with Crippen LogP contribution in [0.4, 0.5) is 5.00 Å². The Labute approximate surface area is 156 Å². The van der Waals surface area contributed by atoms with Gasteiger partial charge in [0.15, 0.2) is 0 Å². The van der Waals surface area contributed by atoms with Crippen molar-refractivity contribution in [1.29, 1.82) is 0 Å². The highest BCUT2D eigenvalue weighted by Gasteiger charge is 2.22. The summed E-state index contributed by atoms with van der Waals surface area (Å²) in [4.78, 5) is 29.5. The minimum Gasteiger partial charge on any atom is -0.468 e. The van der Waals surface area contributed by atoms with Crippen LogP contribution in [0.25, 0.3) is 0 Å². The summed E-state index contributed by atoms with van der Waals surface area (Å²) >= 11 is 1.38. The van der Waals surface area contributed by atoms with Gasteiger partial charge in [0.1, 0.15) is 10.8 Å². The lowest BCUT2D eigenvalue weighted by Crippen LogP contribution is -2.48. The molecule has 1 aliphatic heterocycles. The van der Waals surface area contributed by atoms with E-state index in [9.17, 15) is 9.59 Å². The molecule has 2 aromatic rings. The number of amides is 1. The third kappa shape index (κ3) is 4.72. The van der Waals surface area contributed by atoms with Crippen LogP contribution in [0.1, 0.15) is 21.0 Å². The van der Waals surface area contributed by atoms with Crippen molar-refractivity contribution in [3.05, 3.63) is 40.7 Å². The summed E-state index contributed by atoms with van der Waals surface area (Å²) in [5.74, 6) is 0.410. The molecule has 0 radical (unpaired) electrons. The van der Waals surface area contributed by atoms with E-state index in [1.54, 1.807) is 12.3 Å². The number of nitrogens with one attached hydrogen (secondary N) is 1. The highest BCUT2D eigenvalue weighted by molar-refractivity contribution is 7.16. The number of hydrogen-bond acceptors (Lipinski definition) is 7. The van der Waals surface area contributed by atoms with Crippen molar-refractivity contribution in [3.8, 4) is 0 Å². The standard InChI is InChI=1S/C18H23N3O4S/c1-13-10-15(18(23)24-2)17(26-13)19-16(22)12-21-7-5-20(6-8-21)11-14-4-3-9-25-14/h3-4,9-10H,5-8,11-12H2,1-2H3,(H,19,22). The van der Waals surface area contributed by atoms with E-state index >= 15 is 0 Å². The van der Waals surface area contributed by atoms with Gasteiger partial charge in [-0.25, -0.2) is 4.79 Å². The van der Waals surface area contributed by atoms with Gasteiger partial charge in [-0.05, 0) is 25.1 Å². The molecule has 1 saturated heterocycles. The number of thiophene rings is 1. The third-order valence-electron chi connectivity index (χ3n) is 4.31. The fraction of sp³-hybridized carbons (Fsp3) is 0.444. The third-order valence-corrected chi connectivity index (χ3v) is 5.27. The summed E-state index contributed by atoms with van der Waals surface area (Å²) in [6.45, 7) is 6.42. The average molecular weight is 377 g/mol. The van der Waals surface area contributed by atoms with Crippen molar-refractivity contribution in [3.63, 3.8) is 0 Å². The number of carbonyl (C=O) groups is 2. The summed E-state index contributed by atoms with van der Waals surface area (Å²) in [6, 6.07) is 5.60. The molecule has 1 amide bonds. The molecule has 0 saturated carbocycles. The van der Waals surface area contributed by atoms with Crippen LogP contribution in [0.3, 0.4) is 0 Å². The molecule has 26 heavy (non-hydrogen) atoms. The van der Waals surface area contributed by atoms with Gasteiger partial charge in [0.25, 0.3) is 0 Å². The quantitative estimate of drug-likeness (QED) is 0.778. The van der Waals surface area contributed by atoms with Crippen molar-refractivity contribution in [1.82, 2.24) is 9.80 Å². The van der Waals surface area contributed by atoms with E-state index in [0.29, 0.717) is 17.1 Å². The first kappa shape index (κ1) is 18.6. The topological polar surface area (TPSA) is 75.0 Å². The Morgan fingerprint density at radius 1 is 1.27 bits per heavy atom. The van der Waals surface area contributed by atoms with Crippen LogP contribution in [-0.4, -0.2) is 61.5 Å². The monoisotopic (exact) mass is 377 g/mol. The lowest BCUT2D eigenvalue weighted by molar-refractivity contribution is -0.117. The molecule has 1 fully saturated rings. The highest BCUT2D eigenvalue weighted by Crippen LogP contribution is 2.28. The molecule has 0 atom stereocenters. The fourth-order valence-electron chi connectivity index (χ4n) is 2.97. The van der Waals surface area contributed by atoms with Gasteiger partial charge in [0, 0.05) is 31.1 Å². The number of rotatable bonds is 6. The number of anilines is 1. The number of furan rings is 1. The first-order chi connectivity index (χ1) is 12.5. The Morgan fingerprint density at radius 2 is 2.00 bits per heavy atom. The number of hydrogen-bond donors (Lipinski definition) is 1. The van der Waals surface area contributed by atoms with E-state index in [2.05, 4.69) is 15.1 Å². The molecular weight excluding hydrogens is 354 g/mol. The van der Waals surface area contributed by atoms with E-state index in [4.69, 9.17) is 9.15 Å². The lowest BCUT2D eigenvalue weighted by Gasteiger charge is -2.33. The lowest BCUT2D eigenvalue weighted by atomic mass is 10.3. The Morgan fingerprint density at radius 3 is 2.65 bits per heavy atom. The number of methoxy groups -OCH3 is 1. The van der Waals surface area contributed by atoms with Gasteiger partial charge in [0.05, 0.1) is 32.0 Å². The Hall–Kier alpha value is -2.16. The predicted octanol–water partition coefficient (Wildman–Crippen LogP) is 2.19. The van der Waals surface area contributed by atoms with Crippen LogP contribution in [0.5, 0.6) is 0 Å². The number of carbonyl (C=O) groups excluding carboxylic acids is 2. The number of nitrogens with zero attached hydrogens (tertiary/aromatic N) is 2. The van der Waals surface area contributed by atoms with Crippen LogP contribution in [0.2, 0.25) is 0 Å². The molecule has 2 aromatic heterocycles. The van der Waals surface area contributed by atoms with E-state index in [1.165, 1.54) is 18.4 Å². The van der Waals surface area contributed by atoms with E-state index in [1.807, 2.05) is 19.1 Å². The minimum absolute atomic E-state index is 0.114. The highest BCUT2D eigenvalue weighted by atomic mass is 32.1. The molecule has 1 N–H and O–H groups in total. The first-order valence-corrected chi connectivity index (χ1v) is 9.32. The van der Waals surface area contributed by atoms with E-state index < -0.39 is 5.97 Å². The largest absolute Gasteiger partial charge is 0.468 e. The van der Waals surface area contributed by atoms with Gasteiger partial charge >= 0.3 is 5.97 Å². The predicted molar refractivity (Wildman–Crippen MR) is 99.5 cm³/mol. The van der Waals surface area contributed by atoms with Gasteiger partial charge in [-0.15, -0.1) is 11.3 Å². The Balaban J connectivity index is 1.48. The van der Waals surface area contributed by atoms with Gasteiger partial charge in [-0.3, -0.25) is 14.6 Å². The van der Waals surface area contributed by atoms with Crippen molar-refractivity contribution in [2.75, 3.05) is 45.2 Å². The number of piperazine rings is 1. The smallest absolute Gasteiger partial charge is 0.340 e. The van der Waals surface area contributed by atoms with Crippen molar-refractivity contribution in [2.24, 2.45) is 0 Å². The number of ether oxygens (including phenoxy) is 1. The van der Waals surface area contributed by atoms with Crippen LogP contribution < -0.4 is 5.32 Å². The van der Waals surface area contributed by atoms with E-state index in [0.717, 1.165) is 43.4 Å². The maximum absolute atomic E-state index is 12.4. The van der Waals surface area contributed by atoms with E-state index in [-0.39, 0.29) is 5.91 Å². The second-order valence-electron chi connectivity index (χ2n) is 6.27. The van der Waals surface area contributed by atoms with Crippen molar-refractivity contribution >= 4 is 28.2 Å². The molecule has 8 heteroatoms. The summed E-state index contributed by atoms with van der Waals surface area (Å²) in [6.07, 6.45) is 1.69. The number of aryl methyl sites for hydroxylation is 1. The molecule has 140 valence electrons. The SMILES string of the molecule is COC(=O)c1cc(C)sc1NC(=O)CN1CCN(Cc2ccco2)CC1. The summed E-state index contributed by atoms with van der Waals surface area (Å²) in [5, 5.41) is 3.40. The maximum Gasteiger partial charge on any atom is 0.340 e. The summed E-state index contributed by atoms with van der Waals surface area (Å²) in [7, 11) is 1.34. The number of esters is 1. The molecule has 7 nitrogen and oxygen atoms in total.